The quantitative estimate of drug-likeness (QED) is 0.545. The first-order valence-corrected chi connectivity index (χ1v) is 6.09. The minimum Gasteiger partial charge on any atom is -0.299 e. The maximum Gasteiger partial charge on any atom is 0.217 e. The Labute approximate surface area is 101 Å². The number of hydrogen-bond acceptors (Lipinski definition) is 4. The van der Waals surface area contributed by atoms with E-state index in [1.807, 2.05) is 0 Å². The summed E-state index contributed by atoms with van der Waals surface area (Å²) in [6.45, 7) is 2.71. The number of nitro groups is 1. The lowest BCUT2D eigenvalue weighted by Crippen LogP contribution is -2.47. The van der Waals surface area contributed by atoms with Crippen molar-refractivity contribution in [3.8, 4) is 0 Å². The van der Waals surface area contributed by atoms with Crippen LogP contribution >= 0.6 is 0 Å². The average Bonchev–Trinajstić information content (AvgIpc) is 2.26. The fourth-order valence-corrected chi connectivity index (χ4v) is 2.87. The van der Waals surface area contributed by atoms with Gasteiger partial charge in [-0.15, -0.1) is 0 Å². The van der Waals surface area contributed by atoms with Crippen molar-refractivity contribution in [3.05, 3.63) is 10.1 Å². The highest BCUT2D eigenvalue weighted by Crippen LogP contribution is 2.40. The number of nitrogens with zero attached hydrogens (tertiary/aromatic N) is 1. The van der Waals surface area contributed by atoms with Gasteiger partial charge in [0.15, 0.2) is 0 Å². The van der Waals surface area contributed by atoms with E-state index in [1.54, 1.807) is 6.92 Å². The fraction of sp³-hybridized carbons (Fsp3) is 0.833. The van der Waals surface area contributed by atoms with Crippen LogP contribution in [0.3, 0.4) is 0 Å². The van der Waals surface area contributed by atoms with Crippen LogP contribution in [0.15, 0.2) is 0 Å². The Bertz CT molecular complexity index is 339. The molecule has 0 heterocycles. The second kappa shape index (κ2) is 5.38. The van der Waals surface area contributed by atoms with E-state index in [1.165, 1.54) is 6.92 Å². The van der Waals surface area contributed by atoms with Crippen molar-refractivity contribution in [1.82, 2.24) is 0 Å². The number of hydrogen-bond donors (Lipinski definition) is 0. The Morgan fingerprint density at radius 3 is 2.59 bits per heavy atom. The SMILES string of the molecule is CCC(C[N+](=O)[O-])(C(C)=O)C1CCCCC1=O. The highest BCUT2D eigenvalue weighted by atomic mass is 16.6. The van der Waals surface area contributed by atoms with E-state index < -0.39 is 22.8 Å². The van der Waals surface area contributed by atoms with E-state index in [2.05, 4.69) is 0 Å². The van der Waals surface area contributed by atoms with Crippen LogP contribution in [-0.4, -0.2) is 23.0 Å². The zero-order valence-electron chi connectivity index (χ0n) is 10.4. The molecule has 0 saturated heterocycles. The van der Waals surface area contributed by atoms with E-state index in [9.17, 15) is 19.7 Å². The lowest BCUT2D eigenvalue weighted by atomic mass is 9.64. The smallest absolute Gasteiger partial charge is 0.217 e. The largest absolute Gasteiger partial charge is 0.299 e. The van der Waals surface area contributed by atoms with Crippen molar-refractivity contribution in [1.29, 1.82) is 0 Å². The fourth-order valence-electron chi connectivity index (χ4n) is 2.87. The zero-order chi connectivity index (χ0) is 13.1. The Morgan fingerprint density at radius 2 is 2.18 bits per heavy atom. The van der Waals surface area contributed by atoms with Gasteiger partial charge in [0.05, 0.1) is 0 Å². The molecule has 1 fully saturated rings. The monoisotopic (exact) mass is 241 g/mol. The van der Waals surface area contributed by atoms with Crippen LogP contribution in [0.2, 0.25) is 0 Å². The van der Waals surface area contributed by atoms with Crippen LogP contribution in [-0.2, 0) is 9.59 Å². The molecule has 0 radical (unpaired) electrons. The summed E-state index contributed by atoms with van der Waals surface area (Å²) in [5, 5.41) is 10.8. The zero-order valence-corrected chi connectivity index (χ0v) is 10.4. The molecule has 0 aromatic rings. The van der Waals surface area contributed by atoms with Crippen LogP contribution in [0.4, 0.5) is 0 Å². The molecule has 17 heavy (non-hydrogen) atoms. The van der Waals surface area contributed by atoms with Crippen molar-refractivity contribution in [3.63, 3.8) is 0 Å². The van der Waals surface area contributed by atoms with Crippen molar-refractivity contribution < 1.29 is 14.5 Å². The third-order valence-electron chi connectivity index (χ3n) is 3.96. The van der Waals surface area contributed by atoms with Gasteiger partial charge in [-0.3, -0.25) is 19.7 Å². The summed E-state index contributed by atoms with van der Waals surface area (Å²) in [6.07, 6.45) is 3.14. The Hall–Kier alpha value is -1.26. The molecule has 2 unspecified atom stereocenters. The molecule has 0 aromatic carbocycles. The second-order valence-corrected chi connectivity index (χ2v) is 4.82. The number of ketones is 2. The summed E-state index contributed by atoms with van der Waals surface area (Å²) in [5.41, 5.74) is -1.08. The van der Waals surface area contributed by atoms with Gasteiger partial charge in [0.25, 0.3) is 0 Å². The maximum atomic E-state index is 11.9. The minimum absolute atomic E-state index is 0.0233. The van der Waals surface area contributed by atoms with Gasteiger partial charge in [-0.05, 0) is 26.2 Å². The van der Waals surface area contributed by atoms with E-state index in [0.717, 1.165) is 12.8 Å². The predicted molar refractivity (Wildman–Crippen MR) is 62.2 cm³/mol. The molecule has 1 rings (SSSR count). The van der Waals surface area contributed by atoms with E-state index >= 15 is 0 Å². The van der Waals surface area contributed by atoms with Crippen LogP contribution in [0, 0.1) is 21.4 Å². The van der Waals surface area contributed by atoms with Crippen molar-refractivity contribution in [2.45, 2.75) is 46.0 Å². The van der Waals surface area contributed by atoms with Gasteiger partial charge in [0.1, 0.15) is 17.0 Å². The van der Waals surface area contributed by atoms with Crippen LogP contribution in [0.5, 0.6) is 0 Å². The van der Waals surface area contributed by atoms with Crippen molar-refractivity contribution in [2.24, 2.45) is 11.3 Å². The molecule has 1 aliphatic rings. The molecule has 2 atom stereocenters. The Balaban J connectivity index is 3.06. The molecular formula is C12H19NO4. The molecule has 5 nitrogen and oxygen atoms in total. The lowest BCUT2D eigenvalue weighted by molar-refractivity contribution is -0.496. The van der Waals surface area contributed by atoms with E-state index in [0.29, 0.717) is 19.3 Å². The molecule has 0 spiro atoms. The van der Waals surface area contributed by atoms with Gasteiger partial charge in [-0.1, -0.05) is 13.3 Å². The first-order chi connectivity index (χ1) is 7.94. The third kappa shape index (κ3) is 2.70. The summed E-state index contributed by atoms with van der Waals surface area (Å²) >= 11 is 0. The molecule has 1 saturated carbocycles. The molecule has 0 bridgehead atoms. The summed E-state index contributed by atoms with van der Waals surface area (Å²) in [4.78, 5) is 34.0. The minimum atomic E-state index is -1.08. The molecule has 96 valence electrons. The third-order valence-corrected chi connectivity index (χ3v) is 3.96. The standard InChI is InChI=1S/C12H19NO4/c1-3-12(9(2)14,8-13(16)17)10-6-4-5-7-11(10)15/h10H,3-8H2,1-2H3. The average molecular weight is 241 g/mol. The highest BCUT2D eigenvalue weighted by Gasteiger charge is 2.49. The van der Waals surface area contributed by atoms with Crippen LogP contribution in [0.25, 0.3) is 0 Å². The molecule has 0 aliphatic heterocycles. The first-order valence-electron chi connectivity index (χ1n) is 6.09. The molecule has 0 N–H and O–H groups in total. The lowest BCUT2D eigenvalue weighted by Gasteiger charge is -2.36. The number of Topliss-reactive ketones (excluding diaryl/α,β-unsaturated/α-hetero) is 2. The number of carbonyl (C=O) groups excluding carboxylic acids is 2. The van der Waals surface area contributed by atoms with Gasteiger partial charge in [-0.25, -0.2) is 0 Å². The van der Waals surface area contributed by atoms with Crippen molar-refractivity contribution in [2.75, 3.05) is 6.54 Å². The topological polar surface area (TPSA) is 77.3 Å². The second-order valence-electron chi connectivity index (χ2n) is 4.82. The molecule has 0 aromatic heterocycles. The molecule has 5 heteroatoms. The first kappa shape index (κ1) is 13.8. The summed E-state index contributed by atoms with van der Waals surface area (Å²) in [7, 11) is 0. The van der Waals surface area contributed by atoms with Gasteiger partial charge in [0, 0.05) is 17.3 Å². The molecule has 0 amide bonds. The van der Waals surface area contributed by atoms with Gasteiger partial charge in [-0.2, -0.15) is 0 Å². The molecular weight excluding hydrogens is 222 g/mol. The van der Waals surface area contributed by atoms with Gasteiger partial charge < -0.3 is 0 Å². The number of rotatable bonds is 5. The normalized spacial score (nSPS) is 24.1. The highest BCUT2D eigenvalue weighted by molar-refractivity contribution is 5.92. The Morgan fingerprint density at radius 1 is 1.53 bits per heavy atom. The summed E-state index contributed by atoms with van der Waals surface area (Å²) in [5.74, 6) is -0.656. The van der Waals surface area contributed by atoms with Crippen LogP contribution in [0.1, 0.15) is 46.0 Å². The summed E-state index contributed by atoms with van der Waals surface area (Å²) in [6, 6.07) is 0. The summed E-state index contributed by atoms with van der Waals surface area (Å²) < 4.78 is 0. The predicted octanol–water partition coefficient (Wildman–Crippen LogP) is 2.01. The van der Waals surface area contributed by atoms with Crippen LogP contribution < -0.4 is 0 Å². The van der Waals surface area contributed by atoms with E-state index in [4.69, 9.17) is 0 Å². The van der Waals surface area contributed by atoms with E-state index in [-0.39, 0.29) is 11.6 Å². The molecule has 1 aliphatic carbocycles. The van der Waals surface area contributed by atoms with Gasteiger partial charge in [0.2, 0.25) is 6.54 Å². The number of carbonyl (C=O) groups is 2. The maximum absolute atomic E-state index is 11.9. The van der Waals surface area contributed by atoms with Gasteiger partial charge >= 0.3 is 0 Å². The van der Waals surface area contributed by atoms with Crippen molar-refractivity contribution >= 4 is 11.6 Å². The Kier molecular flexibility index (Phi) is 4.37.